The summed E-state index contributed by atoms with van der Waals surface area (Å²) in [5.41, 5.74) is 7.97. The largest absolute Gasteiger partial charge is 0.382 e. The van der Waals surface area contributed by atoms with Gasteiger partial charge in [-0.25, -0.2) is 32.2 Å². The van der Waals surface area contributed by atoms with Gasteiger partial charge in [0, 0.05) is 35.8 Å². The summed E-state index contributed by atoms with van der Waals surface area (Å²) in [6.07, 6.45) is 9.49. The summed E-state index contributed by atoms with van der Waals surface area (Å²) >= 11 is 0. The molecule has 0 radical (unpaired) electrons. The smallest absolute Gasteiger partial charge is 0.256 e. The van der Waals surface area contributed by atoms with Crippen LogP contribution in [0.2, 0.25) is 0 Å². The Morgan fingerprint density at radius 2 is 1.86 bits per heavy atom. The highest BCUT2D eigenvalue weighted by atomic mass is 32.2. The maximum atomic E-state index is 14.1. The Balaban J connectivity index is 1.26. The second kappa shape index (κ2) is 11.7. The van der Waals surface area contributed by atoms with Crippen LogP contribution in [0, 0.1) is 5.95 Å². The monoisotopic (exact) mass is 615 g/mol. The normalized spacial score (nSPS) is 24.3. The van der Waals surface area contributed by atoms with Crippen LogP contribution in [0.4, 0.5) is 13.2 Å². The fourth-order valence-corrected chi connectivity index (χ4v) is 6.85. The molecule has 1 atom stereocenters. The zero-order valence-electron chi connectivity index (χ0n) is 23.1. The van der Waals surface area contributed by atoms with E-state index in [2.05, 4.69) is 36.0 Å². The molecule has 15 heteroatoms. The van der Waals surface area contributed by atoms with Gasteiger partial charge in [-0.05, 0) is 62.8 Å². The van der Waals surface area contributed by atoms with Gasteiger partial charge < -0.3 is 21.7 Å². The Kier molecular flexibility index (Phi) is 7.96. The number of dihydropyridines is 1. The van der Waals surface area contributed by atoms with Gasteiger partial charge in [-0.15, -0.1) is 0 Å². The summed E-state index contributed by atoms with van der Waals surface area (Å²) in [4.78, 5) is 13.0. The predicted octanol–water partition coefficient (Wildman–Crippen LogP) is 2.61. The Morgan fingerprint density at radius 3 is 2.58 bits per heavy atom. The first-order chi connectivity index (χ1) is 20.6. The Bertz CT molecular complexity index is 1650. The maximum absolute atomic E-state index is 14.1. The molecule has 0 bridgehead atoms. The number of hydrogen-bond acceptors (Lipinski definition) is 10. The quantitative estimate of drug-likeness (QED) is 0.251. The molecule has 3 aliphatic rings. The molecule has 1 unspecified atom stereocenters. The molecule has 0 spiro atoms. The summed E-state index contributed by atoms with van der Waals surface area (Å²) in [6.45, 7) is -0.328. The minimum absolute atomic E-state index is 0.0191. The van der Waals surface area contributed by atoms with Crippen molar-refractivity contribution in [2.45, 2.75) is 67.9 Å². The molecule has 4 heterocycles. The molecule has 228 valence electrons. The highest BCUT2D eigenvalue weighted by Gasteiger charge is 2.38. The van der Waals surface area contributed by atoms with Crippen molar-refractivity contribution in [3.63, 3.8) is 0 Å². The Morgan fingerprint density at radius 1 is 1.09 bits per heavy atom. The molecular weight excluding hydrogens is 583 g/mol. The van der Waals surface area contributed by atoms with Gasteiger partial charge in [0.1, 0.15) is 0 Å². The molecule has 2 saturated carbocycles. The van der Waals surface area contributed by atoms with Gasteiger partial charge in [-0.3, -0.25) is 0 Å². The molecule has 0 amide bonds. The number of allylic oxidation sites excluding steroid dienone is 1. The summed E-state index contributed by atoms with van der Waals surface area (Å²) in [5.74, 6) is -0.377. The van der Waals surface area contributed by atoms with Crippen LogP contribution in [0.3, 0.4) is 0 Å². The third-order valence-corrected chi connectivity index (χ3v) is 9.90. The van der Waals surface area contributed by atoms with E-state index in [4.69, 9.17) is 5.73 Å². The number of hydrogen-bond donors (Lipinski definition) is 4. The first kappa shape index (κ1) is 29.3. The van der Waals surface area contributed by atoms with Gasteiger partial charge in [-0.1, -0.05) is 6.07 Å². The molecule has 3 aromatic heterocycles. The fourth-order valence-electron chi connectivity index (χ4n) is 5.38. The summed E-state index contributed by atoms with van der Waals surface area (Å²) in [7, 11) is -3.55. The molecule has 6 rings (SSSR count). The van der Waals surface area contributed by atoms with Crippen molar-refractivity contribution in [2.75, 3.05) is 6.54 Å². The molecule has 5 N–H and O–H groups in total. The topological polar surface area (TPSA) is 153 Å². The van der Waals surface area contributed by atoms with E-state index in [0.29, 0.717) is 41.1 Å². The van der Waals surface area contributed by atoms with E-state index in [0.717, 1.165) is 29.8 Å². The molecule has 3 aromatic rings. The third kappa shape index (κ3) is 6.43. The van der Waals surface area contributed by atoms with Gasteiger partial charge in [0.15, 0.2) is 11.5 Å². The zero-order chi connectivity index (χ0) is 30.2. The van der Waals surface area contributed by atoms with Gasteiger partial charge in [0.25, 0.3) is 16.4 Å². The average molecular weight is 616 g/mol. The molecule has 43 heavy (non-hydrogen) atoms. The second-order valence-corrected chi connectivity index (χ2v) is 13.1. The van der Waals surface area contributed by atoms with Crippen LogP contribution in [-0.4, -0.2) is 62.9 Å². The molecule has 0 saturated heterocycles. The number of alkyl halides is 2. The van der Waals surface area contributed by atoms with E-state index in [1.54, 1.807) is 30.5 Å². The number of nitrogens with two attached hydrogens (primary N) is 1. The molecule has 2 fully saturated rings. The minimum atomic E-state index is -3.55. The Labute approximate surface area is 247 Å². The zero-order valence-corrected chi connectivity index (χ0v) is 23.9. The number of rotatable bonds is 10. The highest BCUT2D eigenvalue weighted by molar-refractivity contribution is 7.90. The van der Waals surface area contributed by atoms with Gasteiger partial charge >= 0.3 is 0 Å². The maximum Gasteiger partial charge on any atom is 0.256 e. The summed E-state index contributed by atoms with van der Waals surface area (Å²) in [6, 6.07) is 6.21. The lowest BCUT2D eigenvalue weighted by Gasteiger charge is -2.36. The van der Waals surface area contributed by atoms with Gasteiger partial charge in [-0.2, -0.15) is 13.6 Å². The van der Waals surface area contributed by atoms with Crippen LogP contribution < -0.4 is 21.7 Å². The van der Waals surface area contributed by atoms with Crippen molar-refractivity contribution >= 4 is 15.6 Å². The van der Waals surface area contributed by atoms with E-state index in [-0.39, 0.29) is 24.5 Å². The lowest BCUT2D eigenvalue weighted by atomic mass is 9.89. The molecule has 1 aliphatic heterocycles. The Hall–Kier alpha value is -3.82. The predicted molar refractivity (Wildman–Crippen MR) is 153 cm³/mol. The van der Waals surface area contributed by atoms with E-state index < -0.39 is 33.3 Å². The molecular formula is C28H32F3N9O2S. The van der Waals surface area contributed by atoms with Gasteiger partial charge in [0.05, 0.1) is 41.1 Å². The first-order valence-electron chi connectivity index (χ1n) is 14.1. The molecule has 0 aromatic carbocycles. The lowest BCUT2D eigenvalue weighted by molar-refractivity contribution is 0.136. The summed E-state index contributed by atoms with van der Waals surface area (Å²) in [5, 5.41) is 13.2. The van der Waals surface area contributed by atoms with Crippen LogP contribution in [0.1, 0.15) is 49.9 Å². The van der Waals surface area contributed by atoms with Crippen LogP contribution in [-0.2, 0) is 15.7 Å². The number of halogens is 3. The van der Waals surface area contributed by atoms with Crippen molar-refractivity contribution in [1.82, 2.24) is 40.1 Å². The highest BCUT2D eigenvalue weighted by Crippen LogP contribution is 2.32. The lowest BCUT2D eigenvalue weighted by Crippen LogP contribution is -2.50. The SMILES string of the molecule is NC1(c2ccnc(-c3cnn(S(=O)(=O)C4CC4)c3)n2)C=C(NC2CCC(NCC(F)F)CC2)C(c2cccc(F)n2)=CN1. The van der Waals surface area contributed by atoms with Crippen molar-refractivity contribution in [2.24, 2.45) is 5.73 Å². The molecule has 2 aliphatic carbocycles. The number of aromatic nitrogens is 5. The van der Waals surface area contributed by atoms with E-state index in [1.807, 2.05) is 0 Å². The van der Waals surface area contributed by atoms with Crippen LogP contribution in [0.15, 0.2) is 60.8 Å². The van der Waals surface area contributed by atoms with Crippen molar-refractivity contribution < 1.29 is 21.6 Å². The fraction of sp³-hybridized carbons (Fsp3) is 0.429. The van der Waals surface area contributed by atoms with Gasteiger partial charge in [0.2, 0.25) is 5.95 Å². The average Bonchev–Trinajstić information content (AvgIpc) is 3.74. The van der Waals surface area contributed by atoms with Crippen LogP contribution in [0.25, 0.3) is 17.0 Å². The number of nitrogens with one attached hydrogen (secondary N) is 3. The first-order valence-corrected chi connectivity index (χ1v) is 15.6. The van der Waals surface area contributed by atoms with E-state index >= 15 is 0 Å². The van der Waals surface area contributed by atoms with Crippen LogP contribution >= 0.6 is 0 Å². The van der Waals surface area contributed by atoms with Crippen molar-refractivity contribution in [1.29, 1.82) is 0 Å². The second-order valence-electron chi connectivity index (χ2n) is 11.1. The minimum Gasteiger partial charge on any atom is -0.382 e. The summed E-state index contributed by atoms with van der Waals surface area (Å²) < 4.78 is 65.5. The number of pyridine rings is 1. The van der Waals surface area contributed by atoms with Crippen molar-refractivity contribution in [3.8, 4) is 11.4 Å². The van der Waals surface area contributed by atoms with Crippen molar-refractivity contribution in [3.05, 3.63) is 78.2 Å². The standard InChI is InChI=1S/C28H32F3N9O2S/c29-25(30)15-34-18-4-6-19(7-5-18)37-23-12-28(32,35-14-21(23)22-2-1-3-26(31)38-22)24-10-11-33-27(39-24)17-13-36-40(16-17)43(41,42)20-8-9-20/h1-3,10-14,16,18-20,25,34-35,37H,4-9,15,32H2. The van der Waals surface area contributed by atoms with E-state index in [1.165, 1.54) is 24.7 Å². The third-order valence-electron chi connectivity index (χ3n) is 7.86. The molecule has 11 nitrogen and oxygen atoms in total. The number of nitrogens with zero attached hydrogens (tertiary/aromatic N) is 5. The van der Waals surface area contributed by atoms with Crippen LogP contribution in [0.5, 0.6) is 0 Å². The van der Waals surface area contributed by atoms with E-state index in [9.17, 15) is 21.6 Å².